The second kappa shape index (κ2) is 6.42. The van der Waals surface area contributed by atoms with Crippen molar-refractivity contribution in [1.82, 2.24) is 15.0 Å². The third-order valence-electron chi connectivity index (χ3n) is 2.51. The number of nitrogens with zero attached hydrogens (tertiary/aromatic N) is 4. The van der Waals surface area contributed by atoms with Crippen molar-refractivity contribution in [2.24, 2.45) is 0 Å². The molecule has 0 saturated heterocycles. The third-order valence-corrected chi connectivity index (χ3v) is 2.92. The number of anilines is 2. The van der Waals surface area contributed by atoms with Crippen LogP contribution in [0.25, 0.3) is 0 Å². The van der Waals surface area contributed by atoms with Crippen molar-refractivity contribution in [2.75, 3.05) is 23.8 Å². The molecule has 0 spiro atoms. The first kappa shape index (κ1) is 14.4. The summed E-state index contributed by atoms with van der Waals surface area (Å²) in [6, 6.07) is 3.66. The number of aryl methyl sites for hydroxylation is 1. The van der Waals surface area contributed by atoms with Gasteiger partial charge in [0.15, 0.2) is 0 Å². The van der Waals surface area contributed by atoms with Crippen molar-refractivity contribution in [3.8, 4) is 0 Å². The van der Waals surface area contributed by atoms with Gasteiger partial charge in [0.1, 0.15) is 5.82 Å². The van der Waals surface area contributed by atoms with E-state index in [-0.39, 0.29) is 12.5 Å². The van der Waals surface area contributed by atoms with E-state index >= 15 is 0 Å². The van der Waals surface area contributed by atoms with Crippen LogP contribution in [-0.4, -0.2) is 34.5 Å². The molecule has 0 fully saturated rings. The van der Waals surface area contributed by atoms with E-state index in [1.807, 2.05) is 13.0 Å². The zero-order valence-electron chi connectivity index (χ0n) is 11.2. The number of carbonyl (C=O) groups is 1. The van der Waals surface area contributed by atoms with Crippen LogP contribution in [0.1, 0.15) is 5.56 Å². The molecule has 2 rings (SSSR count). The second-order valence-electron chi connectivity index (χ2n) is 4.33. The molecule has 0 aliphatic rings. The van der Waals surface area contributed by atoms with Crippen LogP contribution in [0, 0.1) is 6.92 Å². The van der Waals surface area contributed by atoms with Crippen LogP contribution < -0.4 is 10.2 Å². The van der Waals surface area contributed by atoms with Gasteiger partial charge in [0.05, 0.1) is 11.0 Å². The Balaban J connectivity index is 1.93. The van der Waals surface area contributed by atoms with Gasteiger partial charge in [-0.15, -0.1) is 0 Å². The van der Waals surface area contributed by atoms with E-state index in [0.29, 0.717) is 11.8 Å². The molecule has 6 nitrogen and oxygen atoms in total. The zero-order valence-corrected chi connectivity index (χ0v) is 12.8. The second-order valence-corrected chi connectivity index (χ2v) is 5.24. The highest BCUT2D eigenvalue weighted by molar-refractivity contribution is 9.10. The van der Waals surface area contributed by atoms with Gasteiger partial charge in [-0.2, -0.15) is 0 Å². The summed E-state index contributed by atoms with van der Waals surface area (Å²) in [4.78, 5) is 25.9. The fraction of sp³-hybridized carbons (Fsp3) is 0.231. The summed E-state index contributed by atoms with van der Waals surface area (Å²) < 4.78 is 0.794. The number of pyridine rings is 1. The van der Waals surface area contributed by atoms with Crippen LogP contribution in [0.15, 0.2) is 35.2 Å². The molecule has 0 aliphatic heterocycles. The van der Waals surface area contributed by atoms with E-state index in [2.05, 4.69) is 36.2 Å². The topological polar surface area (TPSA) is 71.0 Å². The molecule has 0 atom stereocenters. The van der Waals surface area contributed by atoms with E-state index in [4.69, 9.17) is 0 Å². The maximum absolute atomic E-state index is 11.9. The van der Waals surface area contributed by atoms with E-state index in [9.17, 15) is 4.79 Å². The highest BCUT2D eigenvalue weighted by atomic mass is 79.9. The summed E-state index contributed by atoms with van der Waals surface area (Å²) in [6.45, 7) is 2.09. The molecule has 0 radical (unpaired) electrons. The Morgan fingerprint density at radius 1 is 1.25 bits per heavy atom. The lowest BCUT2D eigenvalue weighted by molar-refractivity contribution is -0.115. The molecule has 1 amide bonds. The maximum Gasteiger partial charge on any atom is 0.245 e. The summed E-state index contributed by atoms with van der Waals surface area (Å²) in [5.74, 6) is 0.848. The summed E-state index contributed by atoms with van der Waals surface area (Å²) in [5.41, 5.74) is 1.04. The van der Waals surface area contributed by atoms with Gasteiger partial charge in [-0.25, -0.2) is 15.0 Å². The molecule has 7 heteroatoms. The number of hydrogen-bond acceptors (Lipinski definition) is 5. The number of halogens is 1. The van der Waals surface area contributed by atoms with Crippen LogP contribution >= 0.6 is 15.9 Å². The molecule has 1 N–H and O–H groups in total. The first-order chi connectivity index (χ1) is 9.54. The van der Waals surface area contributed by atoms with Gasteiger partial charge in [0.2, 0.25) is 11.9 Å². The van der Waals surface area contributed by atoms with Gasteiger partial charge in [0.25, 0.3) is 0 Å². The lowest BCUT2D eigenvalue weighted by atomic mass is 10.3. The Kier molecular flexibility index (Phi) is 4.62. The van der Waals surface area contributed by atoms with Crippen LogP contribution in [0.3, 0.4) is 0 Å². The Morgan fingerprint density at radius 3 is 2.55 bits per heavy atom. The number of carbonyl (C=O) groups excluding carboxylic acids is 1. The molecule has 20 heavy (non-hydrogen) atoms. The number of hydrogen-bond donors (Lipinski definition) is 1. The van der Waals surface area contributed by atoms with Crippen LogP contribution in [-0.2, 0) is 4.79 Å². The number of aromatic nitrogens is 3. The fourth-order valence-electron chi connectivity index (χ4n) is 1.51. The average molecular weight is 336 g/mol. The highest BCUT2D eigenvalue weighted by Crippen LogP contribution is 2.10. The quantitative estimate of drug-likeness (QED) is 0.925. The van der Waals surface area contributed by atoms with Crippen LogP contribution in [0.2, 0.25) is 0 Å². The molecule has 0 unspecified atom stereocenters. The van der Waals surface area contributed by atoms with E-state index < -0.39 is 0 Å². The van der Waals surface area contributed by atoms with Gasteiger partial charge in [0, 0.05) is 25.6 Å². The summed E-state index contributed by atoms with van der Waals surface area (Å²) >= 11 is 3.26. The lowest BCUT2D eigenvalue weighted by Crippen LogP contribution is -2.31. The molecule has 2 aromatic rings. The van der Waals surface area contributed by atoms with Gasteiger partial charge >= 0.3 is 0 Å². The molecule has 0 aliphatic carbocycles. The van der Waals surface area contributed by atoms with Crippen molar-refractivity contribution >= 4 is 33.6 Å². The minimum atomic E-state index is -0.171. The first-order valence-electron chi connectivity index (χ1n) is 5.96. The lowest BCUT2D eigenvalue weighted by Gasteiger charge is -2.16. The Bertz CT molecular complexity index is 585. The van der Waals surface area contributed by atoms with Crippen LogP contribution in [0.5, 0.6) is 0 Å². The molecule has 2 heterocycles. The number of likely N-dealkylation sites (N-methyl/N-ethyl adjacent to an activating group) is 1. The normalized spacial score (nSPS) is 10.2. The van der Waals surface area contributed by atoms with Gasteiger partial charge in [-0.1, -0.05) is 6.07 Å². The highest BCUT2D eigenvalue weighted by Gasteiger charge is 2.10. The van der Waals surface area contributed by atoms with Gasteiger partial charge in [-0.05, 0) is 34.5 Å². The van der Waals surface area contributed by atoms with Crippen molar-refractivity contribution in [2.45, 2.75) is 6.92 Å². The van der Waals surface area contributed by atoms with Crippen molar-refractivity contribution in [3.05, 3.63) is 40.8 Å². The number of nitrogens with one attached hydrogen (secondary N) is 1. The molecule has 104 valence electrons. The standard InChI is InChI=1S/C13H14BrN5O/c1-9-3-4-11(15-5-9)18-12(20)8-19(2)13-16-6-10(14)7-17-13/h3-7H,8H2,1-2H3,(H,15,18,20). The van der Waals surface area contributed by atoms with E-state index in [1.54, 1.807) is 36.6 Å². The average Bonchev–Trinajstić information content (AvgIpc) is 2.42. The molecule has 0 aromatic carbocycles. The maximum atomic E-state index is 11.9. The monoisotopic (exact) mass is 335 g/mol. The van der Waals surface area contributed by atoms with Crippen molar-refractivity contribution in [3.63, 3.8) is 0 Å². The van der Waals surface area contributed by atoms with Gasteiger partial charge < -0.3 is 10.2 Å². The van der Waals surface area contributed by atoms with Gasteiger partial charge in [-0.3, -0.25) is 4.79 Å². The predicted octanol–water partition coefficient (Wildman–Crippen LogP) is 2.02. The molecule has 0 saturated carbocycles. The summed E-state index contributed by atoms with van der Waals surface area (Å²) in [6.07, 6.45) is 4.98. The smallest absolute Gasteiger partial charge is 0.245 e. The molecular weight excluding hydrogens is 322 g/mol. The molecule has 0 bridgehead atoms. The van der Waals surface area contributed by atoms with Crippen molar-refractivity contribution in [1.29, 1.82) is 0 Å². The molecule has 2 aromatic heterocycles. The predicted molar refractivity (Wildman–Crippen MR) is 80.6 cm³/mol. The third kappa shape index (κ3) is 3.99. The summed E-state index contributed by atoms with van der Waals surface area (Å²) in [7, 11) is 1.76. The Labute approximate surface area is 125 Å². The largest absolute Gasteiger partial charge is 0.335 e. The Morgan fingerprint density at radius 2 is 1.95 bits per heavy atom. The van der Waals surface area contributed by atoms with E-state index in [0.717, 1.165) is 10.0 Å². The molecular formula is C13H14BrN5O. The minimum Gasteiger partial charge on any atom is -0.335 e. The first-order valence-corrected chi connectivity index (χ1v) is 6.75. The number of amides is 1. The van der Waals surface area contributed by atoms with Crippen molar-refractivity contribution < 1.29 is 4.79 Å². The SMILES string of the molecule is Cc1ccc(NC(=O)CN(C)c2ncc(Br)cn2)nc1. The fourth-order valence-corrected chi connectivity index (χ4v) is 1.72. The Hall–Kier alpha value is -2.02. The zero-order chi connectivity index (χ0) is 14.5. The summed E-state index contributed by atoms with van der Waals surface area (Å²) in [5, 5.41) is 2.72. The van der Waals surface area contributed by atoms with E-state index in [1.165, 1.54) is 0 Å². The minimum absolute atomic E-state index is 0.150. The van der Waals surface area contributed by atoms with Crippen LogP contribution in [0.4, 0.5) is 11.8 Å². The number of rotatable bonds is 4.